The van der Waals surface area contributed by atoms with Gasteiger partial charge in [0.2, 0.25) is 11.8 Å². The van der Waals surface area contributed by atoms with Crippen molar-refractivity contribution in [1.29, 1.82) is 0 Å². The molecule has 2 fully saturated rings. The normalized spacial score (nSPS) is 19.2. The highest BCUT2D eigenvalue weighted by molar-refractivity contribution is 6.35. The highest BCUT2D eigenvalue weighted by Crippen LogP contribution is 2.30. The van der Waals surface area contributed by atoms with Crippen LogP contribution in [0, 0.1) is 0 Å². The van der Waals surface area contributed by atoms with E-state index in [2.05, 4.69) is 31.7 Å². The number of rotatable bonds is 8. The number of hydrogen-bond acceptors (Lipinski definition) is 9. The minimum atomic E-state index is 0.0920. The Bertz CT molecular complexity index is 1220. The average Bonchev–Trinajstić information content (AvgIpc) is 3.14. The van der Waals surface area contributed by atoms with E-state index in [0.717, 1.165) is 56.8 Å². The molecule has 1 aromatic carbocycles. The minimum absolute atomic E-state index is 0.0920. The maximum absolute atomic E-state index is 9.29. The van der Waals surface area contributed by atoms with Crippen molar-refractivity contribution in [3.8, 4) is 22.9 Å². The molecule has 0 bridgehead atoms. The summed E-state index contributed by atoms with van der Waals surface area (Å²) in [5.41, 5.74) is 2.57. The fourth-order valence-electron chi connectivity index (χ4n) is 4.86. The molecular formula is C28H34Cl2N6O3. The molecule has 2 saturated heterocycles. The lowest BCUT2D eigenvalue weighted by molar-refractivity contribution is 0.0440. The summed E-state index contributed by atoms with van der Waals surface area (Å²) in [5.74, 6) is 1.66. The monoisotopic (exact) mass is 572 g/mol. The number of nitrogens with zero attached hydrogens (tertiary/aromatic N) is 6. The Morgan fingerprint density at radius 1 is 0.974 bits per heavy atom. The lowest BCUT2D eigenvalue weighted by Gasteiger charge is -2.32. The third-order valence-corrected chi connectivity index (χ3v) is 7.47. The van der Waals surface area contributed by atoms with E-state index < -0.39 is 0 Å². The van der Waals surface area contributed by atoms with E-state index in [1.807, 2.05) is 24.3 Å². The third-order valence-electron chi connectivity index (χ3n) is 7.03. The van der Waals surface area contributed by atoms with Gasteiger partial charge in [-0.05, 0) is 49.7 Å². The molecule has 0 saturated carbocycles. The fraction of sp³-hybridized carbons (Fsp3) is 0.464. The van der Waals surface area contributed by atoms with Gasteiger partial charge in [0, 0.05) is 74.1 Å². The number of ether oxygens (including phenoxy) is 2. The number of aromatic nitrogens is 3. The van der Waals surface area contributed by atoms with Crippen LogP contribution in [-0.4, -0.2) is 95.5 Å². The molecule has 2 aromatic heterocycles. The van der Waals surface area contributed by atoms with E-state index in [9.17, 15) is 5.11 Å². The van der Waals surface area contributed by atoms with Crippen molar-refractivity contribution in [3.05, 3.63) is 58.3 Å². The van der Waals surface area contributed by atoms with Crippen molar-refractivity contribution in [2.45, 2.75) is 25.5 Å². The lowest BCUT2D eigenvalue weighted by atomic mass is 10.1. The standard InChI is InChI=1S/C28H34Cl2N6O3/c1-34-5-7-36(8-6-34)28-31-17-25(18-32-28)39-27-13-20(19-35-4-2-24(3-10-37)38-11-9-35)12-26(33-27)21-14-22(29)16-23(30)15-21/h12-18,24,37H,2-11,19H2,1H3/t24-/m0/s1. The van der Waals surface area contributed by atoms with Gasteiger partial charge in [-0.25, -0.2) is 15.0 Å². The number of aliphatic hydroxyl groups is 1. The van der Waals surface area contributed by atoms with Crippen molar-refractivity contribution < 1.29 is 14.6 Å². The highest BCUT2D eigenvalue weighted by atomic mass is 35.5. The van der Waals surface area contributed by atoms with Gasteiger partial charge < -0.3 is 24.4 Å². The summed E-state index contributed by atoms with van der Waals surface area (Å²) in [5, 5.41) is 10.4. The van der Waals surface area contributed by atoms with Crippen LogP contribution < -0.4 is 9.64 Å². The molecule has 5 rings (SSSR count). The Kier molecular flexibility index (Phi) is 9.49. The van der Waals surface area contributed by atoms with Crippen LogP contribution >= 0.6 is 23.2 Å². The van der Waals surface area contributed by atoms with Gasteiger partial charge in [0.15, 0.2) is 5.75 Å². The van der Waals surface area contributed by atoms with E-state index in [0.29, 0.717) is 52.9 Å². The van der Waals surface area contributed by atoms with Gasteiger partial charge in [-0.3, -0.25) is 4.90 Å². The topological polar surface area (TPSA) is 87.1 Å². The molecule has 11 heteroatoms. The molecule has 0 aliphatic carbocycles. The van der Waals surface area contributed by atoms with Crippen molar-refractivity contribution in [2.75, 3.05) is 64.4 Å². The summed E-state index contributed by atoms with van der Waals surface area (Å²) in [6.07, 6.45) is 5.02. The number of hydrogen-bond donors (Lipinski definition) is 1. The summed E-state index contributed by atoms with van der Waals surface area (Å²) in [6.45, 7) is 6.92. The second kappa shape index (κ2) is 13.2. The van der Waals surface area contributed by atoms with Crippen molar-refractivity contribution in [3.63, 3.8) is 0 Å². The Morgan fingerprint density at radius 2 is 1.72 bits per heavy atom. The molecular weight excluding hydrogens is 539 g/mol. The van der Waals surface area contributed by atoms with Crippen LogP contribution in [0.4, 0.5) is 5.95 Å². The first-order valence-corrected chi connectivity index (χ1v) is 14.1. The van der Waals surface area contributed by atoms with Gasteiger partial charge >= 0.3 is 0 Å². The zero-order chi connectivity index (χ0) is 27.2. The Labute approximate surface area is 239 Å². The average molecular weight is 574 g/mol. The number of likely N-dealkylation sites (N-methyl/N-ethyl adjacent to an activating group) is 1. The van der Waals surface area contributed by atoms with Crippen molar-refractivity contribution in [2.24, 2.45) is 0 Å². The lowest BCUT2D eigenvalue weighted by Crippen LogP contribution is -2.45. The molecule has 0 amide bonds. The molecule has 0 spiro atoms. The van der Waals surface area contributed by atoms with Crippen LogP contribution in [0.3, 0.4) is 0 Å². The molecule has 0 radical (unpaired) electrons. The van der Waals surface area contributed by atoms with E-state index >= 15 is 0 Å². The van der Waals surface area contributed by atoms with Gasteiger partial charge in [-0.1, -0.05) is 23.2 Å². The summed E-state index contributed by atoms with van der Waals surface area (Å²) >= 11 is 12.6. The maximum atomic E-state index is 9.29. The van der Waals surface area contributed by atoms with Gasteiger partial charge in [0.05, 0.1) is 30.8 Å². The van der Waals surface area contributed by atoms with E-state index in [1.165, 1.54) is 0 Å². The van der Waals surface area contributed by atoms with Gasteiger partial charge in [0.25, 0.3) is 0 Å². The Balaban J connectivity index is 1.36. The van der Waals surface area contributed by atoms with Crippen molar-refractivity contribution in [1.82, 2.24) is 24.8 Å². The number of halogens is 2. The molecule has 1 atom stereocenters. The Hall–Kier alpha value is -2.53. The molecule has 0 unspecified atom stereocenters. The van der Waals surface area contributed by atoms with Crippen LogP contribution in [0.15, 0.2) is 42.7 Å². The zero-order valence-corrected chi connectivity index (χ0v) is 23.6. The van der Waals surface area contributed by atoms with Crippen LogP contribution in [0.25, 0.3) is 11.3 Å². The number of anilines is 1. The molecule has 9 nitrogen and oxygen atoms in total. The maximum Gasteiger partial charge on any atom is 0.225 e. The molecule has 2 aliphatic rings. The minimum Gasteiger partial charge on any atom is -0.436 e. The first kappa shape index (κ1) is 28.0. The van der Waals surface area contributed by atoms with E-state index in [1.54, 1.807) is 18.5 Å². The SMILES string of the molecule is CN1CCN(c2ncc(Oc3cc(CN4CCO[C@H](CCO)CC4)cc(-c4cc(Cl)cc(Cl)c4)n3)cn2)CC1. The summed E-state index contributed by atoms with van der Waals surface area (Å²) < 4.78 is 12.1. The summed E-state index contributed by atoms with van der Waals surface area (Å²) in [4.78, 5) is 20.7. The number of pyridine rings is 1. The highest BCUT2D eigenvalue weighted by Gasteiger charge is 2.19. The largest absolute Gasteiger partial charge is 0.436 e. The molecule has 3 aromatic rings. The first-order chi connectivity index (χ1) is 18.9. The molecule has 208 valence electrons. The molecule has 4 heterocycles. The van der Waals surface area contributed by atoms with E-state index in [4.69, 9.17) is 37.7 Å². The van der Waals surface area contributed by atoms with Crippen molar-refractivity contribution >= 4 is 29.2 Å². The second-order valence-corrected chi connectivity index (χ2v) is 10.9. The molecule has 2 aliphatic heterocycles. The quantitative estimate of drug-likeness (QED) is 0.423. The van der Waals surface area contributed by atoms with Crippen LogP contribution in [0.5, 0.6) is 11.6 Å². The fourth-order valence-corrected chi connectivity index (χ4v) is 5.39. The number of aliphatic hydroxyl groups excluding tert-OH is 1. The second-order valence-electron chi connectivity index (χ2n) is 10.0. The van der Waals surface area contributed by atoms with Gasteiger partial charge in [0.1, 0.15) is 0 Å². The van der Waals surface area contributed by atoms with Gasteiger partial charge in [-0.15, -0.1) is 0 Å². The predicted molar refractivity (Wildman–Crippen MR) is 153 cm³/mol. The third kappa shape index (κ3) is 7.78. The van der Waals surface area contributed by atoms with Crippen LogP contribution in [-0.2, 0) is 11.3 Å². The molecule has 39 heavy (non-hydrogen) atoms. The van der Waals surface area contributed by atoms with Gasteiger partial charge in [-0.2, -0.15) is 0 Å². The molecule has 1 N–H and O–H groups in total. The first-order valence-electron chi connectivity index (χ1n) is 13.3. The predicted octanol–water partition coefficient (Wildman–Crippen LogP) is 4.36. The smallest absolute Gasteiger partial charge is 0.225 e. The van der Waals surface area contributed by atoms with Crippen LogP contribution in [0.1, 0.15) is 18.4 Å². The van der Waals surface area contributed by atoms with Crippen LogP contribution in [0.2, 0.25) is 10.0 Å². The number of piperazine rings is 1. The zero-order valence-electron chi connectivity index (χ0n) is 22.1. The van der Waals surface area contributed by atoms with E-state index in [-0.39, 0.29) is 12.7 Å². The summed E-state index contributed by atoms with van der Waals surface area (Å²) in [6, 6.07) is 9.38. The number of benzene rings is 1. The Morgan fingerprint density at radius 3 is 2.44 bits per heavy atom. The summed E-state index contributed by atoms with van der Waals surface area (Å²) in [7, 11) is 2.12.